The van der Waals surface area contributed by atoms with E-state index in [1.807, 2.05) is 0 Å². The van der Waals surface area contributed by atoms with E-state index >= 15 is 0 Å². The van der Waals surface area contributed by atoms with E-state index in [2.05, 4.69) is 32.2 Å². The van der Waals surface area contributed by atoms with Crippen molar-refractivity contribution in [3.05, 3.63) is 35.5 Å². The Morgan fingerprint density at radius 2 is 2.22 bits per heavy atom. The Labute approximate surface area is 113 Å². The van der Waals surface area contributed by atoms with Crippen molar-refractivity contribution in [2.45, 2.75) is 4.90 Å². The number of nitrogens with one attached hydrogen (secondary N) is 2. The maximum atomic E-state index is 12.1. The van der Waals surface area contributed by atoms with E-state index in [1.165, 1.54) is 6.20 Å². The van der Waals surface area contributed by atoms with Crippen LogP contribution >= 0.6 is 15.9 Å². The van der Waals surface area contributed by atoms with Crippen LogP contribution in [0.3, 0.4) is 0 Å². The fourth-order valence-electron chi connectivity index (χ4n) is 1.59. The first kappa shape index (κ1) is 13.1. The number of halogens is 1. The van der Waals surface area contributed by atoms with Crippen LogP contribution in [0.25, 0.3) is 10.9 Å². The lowest BCUT2D eigenvalue weighted by atomic mass is 10.2. The monoisotopic (exact) mass is 329 g/mol. The number of nitrogen functional groups attached to an aromatic ring is 1. The molecule has 0 fully saturated rings. The second-order valence-electron chi connectivity index (χ2n) is 3.80. The number of sulfonamides is 1. The molecule has 0 atom stereocenters. The normalized spacial score (nSPS) is 11.8. The maximum absolute atomic E-state index is 12.1. The number of hydrogen-bond donors (Lipinski definition) is 3. The molecular weight excluding hydrogens is 318 g/mol. The summed E-state index contributed by atoms with van der Waals surface area (Å²) in [7, 11) is -3.56. The first-order valence-corrected chi connectivity index (χ1v) is 7.37. The van der Waals surface area contributed by atoms with Gasteiger partial charge in [0.1, 0.15) is 4.90 Å². The topological polar surface area (TPSA) is 88.0 Å². The minimum atomic E-state index is -3.56. The molecule has 0 aliphatic rings. The van der Waals surface area contributed by atoms with E-state index in [0.29, 0.717) is 21.1 Å². The van der Waals surface area contributed by atoms with Crippen molar-refractivity contribution < 1.29 is 8.42 Å². The van der Waals surface area contributed by atoms with E-state index in [4.69, 9.17) is 5.73 Å². The summed E-state index contributed by atoms with van der Waals surface area (Å²) in [6.07, 6.45) is 1.45. The molecule has 1 heterocycles. The number of anilines is 1. The van der Waals surface area contributed by atoms with Crippen LogP contribution in [-0.4, -0.2) is 19.9 Å². The highest BCUT2D eigenvalue weighted by molar-refractivity contribution is 9.11. The van der Waals surface area contributed by atoms with E-state index in [-0.39, 0.29) is 11.4 Å². The van der Waals surface area contributed by atoms with Gasteiger partial charge in [0.15, 0.2) is 0 Å². The highest BCUT2D eigenvalue weighted by Crippen LogP contribution is 2.24. The summed E-state index contributed by atoms with van der Waals surface area (Å²) in [5, 5.41) is 0.608. The van der Waals surface area contributed by atoms with Crippen LogP contribution in [0.4, 0.5) is 5.69 Å². The van der Waals surface area contributed by atoms with Gasteiger partial charge in [-0.2, -0.15) is 0 Å². The van der Waals surface area contributed by atoms with Gasteiger partial charge in [0.25, 0.3) is 0 Å². The Morgan fingerprint density at radius 1 is 1.50 bits per heavy atom. The van der Waals surface area contributed by atoms with Crippen LogP contribution in [-0.2, 0) is 10.0 Å². The Kier molecular flexibility index (Phi) is 3.47. The van der Waals surface area contributed by atoms with Gasteiger partial charge in [0.2, 0.25) is 10.0 Å². The quantitative estimate of drug-likeness (QED) is 0.749. The molecule has 0 unspecified atom stereocenters. The van der Waals surface area contributed by atoms with Crippen molar-refractivity contribution >= 4 is 42.5 Å². The zero-order valence-electron chi connectivity index (χ0n) is 9.40. The summed E-state index contributed by atoms with van der Waals surface area (Å²) >= 11 is 3.10. The lowest BCUT2D eigenvalue weighted by Gasteiger charge is -2.04. The van der Waals surface area contributed by atoms with Gasteiger partial charge in [-0.15, -0.1) is 0 Å². The number of benzene rings is 1. The molecule has 7 heteroatoms. The molecule has 0 spiro atoms. The van der Waals surface area contributed by atoms with Crippen molar-refractivity contribution in [1.29, 1.82) is 0 Å². The van der Waals surface area contributed by atoms with E-state index in [1.54, 1.807) is 18.2 Å². The minimum absolute atomic E-state index is 0.143. The molecule has 0 radical (unpaired) electrons. The first-order valence-electron chi connectivity index (χ1n) is 5.10. The summed E-state index contributed by atoms with van der Waals surface area (Å²) in [6, 6.07) is 5.04. The van der Waals surface area contributed by atoms with E-state index < -0.39 is 10.0 Å². The summed E-state index contributed by atoms with van der Waals surface area (Å²) in [5.74, 6) is 0. The third-order valence-corrected chi connectivity index (χ3v) is 4.13. The number of aromatic nitrogens is 1. The van der Waals surface area contributed by atoms with Crippen molar-refractivity contribution in [1.82, 2.24) is 9.71 Å². The molecule has 0 bridgehead atoms. The van der Waals surface area contributed by atoms with Crippen LogP contribution in [0.2, 0.25) is 0 Å². The van der Waals surface area contributed by atoms with Crippen molar-refractivity contribution in [2.24, 2.45) is 0 Å². The fraction of sp³-hybridized carbons (Fsp3) is 0.0909. The largest absolute Gasteiger partial charge is 0.399 e. The van der Waals surface area contributed by atoms with Crippen LogP contribution in [0.15, 0.2) is 40.4 Å². The molecule has 1 aromatic carbocycles. The molecule has 0 aliphatic heterocycles. The second-order valence-corrected chi connectivity index (χ2v) is 6.66. The molecule has 96 valence electrons. The molecule has 0 amide bonds. The van der Waals surface area contributed by atoms with Gasteiger partial charge in [-0.3, -0.25) is 0 Å². The van der Waals surface area contributed by atoms with Gasteiger partial charge in [-0.05, 0) is 18.2 Å². The predicted octanol–water partition coefficient (Wildman–Crippen LogP) is 1.94. The number of H-pyrrole nitrogens is 1. The average molecular weight is 330 g/mol. The summed E-state index contributed by atoms with van der Waals surface area (Å²) in [4.78, 5) is 3.09. The molecule has 1 aromatic heterocycles. The van der Waals surface area contributed by atoms with Crippen molar-refractivity contribution in [3.63, 3.8) is 0 Å². The first-order chi connectivity index (χ1) is 8.40. The van der Waals surface area contributed by atoms with Crippen molar-refractivity contribution in [2.75, 3.05) is 12.3 Å². The van der Waals surface area contributed by atoms with Gasteiger partial charge in [0, 0.05) is 33.8 Å². The number of aromatic amines is 1. The fourth-order valence-corrected chi connectivity index (χ4v) is 3.12. The van der Waals surface area contributed by atoms with Gasteiger partial charge in [0.05, 0.1) is 0 Å². The highest BCUT2D eigenvalue weighted by Gasteiger charge is 2.18. The molecule has 0 saturated heterocycles. The smallest absolute Gasteiger partial charge is 0.243 e. The predicted molar refractivity (Wildman–Crippen MR) is 76.0 cm³/mol. The molecule has 2 aromatic rings. The number of hydrogen-bond acceptors (Lipinski definition) is 3. The summed E-state index contributed by atoms with van der Waals surface area (Å²) in [5.41, 5.74) is 6.90. The third kappa shape index (κ3) is 2.58. The third-order valence-electron chi connectivity index (χ3n) is 2.41. The Bertz CT molecular complexity index is 706. The van der Waals surface area contributed by atoms with Crippen LogP contribution in [0.5, 0.6) is 0 Å². The summed E-state index contributed by atoms with van der Waals surface area (Å²) in [6.45, 7) is 3.72. The lowest BCUT2D eigenvalue weighted by molar-refractivity contribution is 0.586. The minimum Gasteiger partial charge on any atom is -0.399 e. The Hall–Kier alpha value is -1.31. The van der Waals surface area contributed by atoms with Gasteiger partial charge in [-0.1, -0.05) is 22.5 Å². The average Bonchev–Trinajstić information content (AvgIpc) is 2.70. The van der Waals surface area contributed by atoms with E-state index in [9.17, 15) is 8.42 Å². The maximum Gasteiger partial charge on any atom is 0.243 e. The standard InChI is InChI=1S/C11H12BrN3O2S/c1-7(12)5-15-18(16,17)11-6-14-10-4-8(13)2-3-9(10)11/h2-4,6,14-15H,1,5,13H2. The molecule has 0 aliphatic carbocycles. The number of nitrogens with two attached hydrogens (primary N) is 1. The molecule has 2 rings (SSSR count). The SMILES string of the molecule is C=C(Br)CNS(=O)(=O)c1c[nH]c2cc(N)ccc12. The van der Waals surface area contributed by atoms with Crippen LogP contribution < -0.4 is 10.5 Å². The number of fused-ring (bicyclic) bond motifs is 1. The van der Waals surface area contributed by atoms with Gasteiger partial charge in [-0.25, -0.2) is 13.1 Å². The molecular formula is C11H12BrN3O2S. The molecule has 0 saturated carbocycles. The van der Waals surface area contributed by atoms with E-state index in [0.717, 1.165) is 0 Å². The van der Waals surface area contributed by atoms with Gasteiger partial charge < -0.3 is 10.7 Å². The van der Waals surface area contributed by atoms with Crippen LogP contribution in [0.1, 0.15) is 0 Å². The molecule has 4 N–H and O–H groups in total. The lowest BCUT2D eigenvalue weighted by Crippen LogP contribution is -2.24. The van der Waals surface area contributed by atoms with Crippen molar-refractivity contribution in [3.8, 4) is 0 Å². The Balaban J connectivity index is 2.45. The Morgan fingerprint density at radius 3 is 2.89 bits per heavy atom. The molecule has 5 nitrogen and oxygen atoms in total. The zero-order valence-corrected chi connectivity index (χ0v) is 11.8. The van der Waals surface area contributed by atoms with Gasteiger partial charge >= 0.3 is 0 Å². The second kappa shape index (κ2) is 4.75. The number of rotatable bonds is 4. The summed E-state index contributed by atoms with van der Waals surface area (Å²) < 4.78 is 27.2. The zero-order chi connectivity index (χ0) is 13.3. The molecule has 18 heavy (non-hydrogen) atoms. The highest BCUT2D eigenvalue weighted by atomic mass is 79.9. The van der Waals surface area contributed by atoms with Crippen LogP contribution in [0, 0.1) is 0 Å².